The fraction of sp³-hybridized carbons (Fsp3) is 0.222. The van der Waals surface area contributed by atoms with Crippen molar-refractivity contribution in [3.8, 4) is 0 Å². The summed E-state index contributed by atoms with van der Waals surface area (Å²) in [6.07, 6.45) is 0. The van der Waals surface area contributed by atoms with Crippen molar-refractivity contribution in [2.75, 3.05) is 0 Å². The van der Waals surface area contributed by atoms with Crippen LogP contribution in [0.25, 0.3) is 0 Å². The number of nitrogens with zero attached hydrogens (tertiary/aromatic N) is 1. The molecule has 1 aromatic carbocycles. The maximum atomic E-state index is 8.55. The Morgan fingerprint density at radius 2 is 2.15 bits per heavy atom. The first-order valence-corrected chi connectivity index (χ1v) is 4.96. The van der Waals surface area contributed by atoms with Gasteiger partial charge >= 0.3 is 0 Å². The van der Waals surface area contributed by atoms with Crippen molar-refractivity contribution in [2.24, 2.45) is 5.16 Å². The molecule has 1 aromatic rings. The SMILES string of the molecule is CC(=NO)C(Cl)c1ccccc1Br. The van der Waals surface area contributed by atoms with Crippen LogP contribution >= 0.6 is 27.5 Å². The fourth-order valence-corrected chi connectivity index (χ4v) is 1.84. The highest BCUT2D eigenvalue weighted by Crippen LogP contribution is 2.28. The Labute approximate surface area is 90.3 Å². The van der Waals surface area contributed by atoms with Crippen molar-refractivity contribution >= 4 is 33.2 Å². The molecule has 0 radical (unpaired) electrons. The molecule has 0 amide bonds. The van der Waals surface area contributed by atoms with Crippen LogP contribution in [0.3, 0.4) is 0 Å². The second-order valence-corrected chi connectivity index (χ2v) is 3.92. The van der Waals surface area contributed by atoms with E-state index in [9.17, 15) is 0 Å². The molecule has 13 heavy (non-hydrogen) atoms. The highest BCUT2D eigenvalue weighted by Gasteiger charge is 2.14. The van der Waals surface area contributed by atoms with E-state index in [0.717, 1.165) is 10.0 Å². The van der Waals surface area contributed by atoms with Gasteiger partial charge in [0.2, 0.25) is 0 Å². The molecule has 70 valence electrons. The van der Waals surface area contributed by atoms with Crippen LogP contribution < -0.4 is 0 Å². The Morgan fingerprint density at radius 1 is 1.54 bits per heavy atom. The van der Waals surface area contributed by atoms with E-state index in [1.807, 2.05) is 24.3 Å². The van der Waals surface area contributed by atoms with Gasteiger partial charge in [0.1, 0.15) is 5.38 Å². The predicted octanol–water partition coefficient (Wildman–Crippen LogP) is 3.58. The average molecular weight is 263 g/mol. The summed E-state index contributed by atoms with van der Waals surface area (Å²) in [7, 11) is 0. The van der Waals surface area contributed by atoms with E-state index in [0.29, 0.717) is 5.71 Å². The smallest absolute Gasteiger partial charge is 0.101 e. The molecule has 0 fully saturated rings. The molecule has 0 spiro atoms. The molecule has 0 aliphatic carbocycles. The number of hydrogen-bond donors (Lipinski definition) is 1. The van der Waals surface area contributed by atoms with Crippen molar-refractivity contribution in [3.63, 3.8) is 0 Å². The van der Waals surface area contributed by atoms with Gasteiger partial charge in [-0.3, -0.25) is 0 Å². The van der Waals surface area contributed by atoms with Crippen LogP contribution in [0, 0.1) is 0 Å². The molecule has 0 saturated carbocycles. The number of halogens is 2. The molecular weight excluding hydrogens is 253 g/mol. The maximum absolute atomic E-state index is 8.55. The maximum Gasteiger partial charge on any atom is 0.101 e. The van der Waals surface area contributed by atoms with Gasteiger partial charge in [-0.2, -0.15) is 0 Å². The van der Waals surface area contributed by atoms with Gasteiger partial charge in [0.05, 0.1) is 5.71 Å². The van der Waals surface area contributed by atoms with Gasteiger partial charge < -0.3 is 5.21 Å². The summed E-state index contributed by atoms with van der Waals surface area (Å²) in [6, 6.07) is 7.58. The van der Waals surface area contributed by atoms with Gasteiger partial charge in [-0.1, -0.05) is 39.3 Å². The highest BCUT2D eigenvalue weighted by molar-refractivity contribution is 9.10. The highest BCUT2D eigenvalue weighted by atomic mass is 79.9. The molecule has 1 unspecified atom stereocenters. The van der Waals surface area contributed by atoms with E-state index in [2.05, 4.69) is 21.1 Å². The van der Waals surface area contributed by atoms with E-state index >= 15 is 0 Å². The third-order valence-corrected chi connectivity index (χ3v) is 2.98. The number of hydrogen-bond acceptors (Lipinski definition) is 2. The molecule has 0 saturated heterocycles. The molecule has 2 nitrogen and oxygen atoms in total. The van der Waals surface area contributed by atoms with E-state index < -0.39 is 0 Å². The van der Waals surface area contributed by atoms with Gasteiger partial charge in [-0.05, 0) is 18.6 Å². The average Bonchev–Trinajstić information content (AvgIpc) is 2.16. The Bertz CT molecular complexity index is 327. The topological polar surface area (TPSA) is 32.6 Å². The van der Waals surface area contributed by atoms with Crippen LogP contribution in [0.15, 0.2) is 33.9 Å². The third-order valence-electron chi connectivity index (χ3n) is 1.70. The Kier molecular flexibility index (Phi) is 3.75. The number of benzene rings is 1. The van der Waals surface area contributed by atoms with E-state index in [1.54, 1.807) is 6.92 Å². The van der Waals surface area contributed by atoms with E-state index in [-0.39, 0.29) is 5.38 Å². The minimum atomic E-state index is -0.388. The molecule has 4 heteroatoms. The monoisotopic (exact) mass is 261 g/mol. The quantitative estimate of drug-likeness (QED) is 0.376. The zero-order chi connectivity index (χ0) is 9.84. The van der Waals surface area contributed by atoms with Crippen LogP contribution in [0.4, 0.5) is 0 Å². The Hall–Kier alpha value is -0.540. The van der Waals surface area contributed by atoms with Crippen LogP contribution in [0.5, 0.6) is 0 Å². The number of oxime groups is 1. The second kappa shape index (κ2) is 4.63. The van der Waals surface area contributed by atoms with E-state index in [4.69, 9.17) is 16.8 Å². The van der Waals surface area contributed by atoms with Gasteiger partial charge in [0, 0.05) is 4.47 Å². The van der Waals surface area contributed by atoms with Crippen LogP contribution in [0.2, 0.25) is 0 Å². The molecule has 0 aromatic heterocycles. The van der Waals surface area contributed by atoms with Gasteiger partial charge in [0.15, 0.2) is 0 Å². The zero-order valence-electron chi connectivity index (χ0n) is 7.04. The molecule has 1 atom stereocenters. The molecule has 1 rings (SSSR count). The van der Waals surface area contributed by atoms with Crippen molar-refractivity contribution in [3.05, 3.63) is 34.3 Å². The van der Waals surface area contributed by atoms with Crippen molar-refractivity contribution in [2.45, 2.75) is 12.3 Å². The van der Waals surface area contributed by atoms with Crippen molar-refractivity contribution < 1.29 is 5.21 Å². The molecular formula is C9H9BrClNO. The Morgan fingerprint density at radius 3 is 2.69 bits per heavy atom. The summed E-state index contributed by atoms with van der Waals surface area (Å²) in [6.45, 7) is 1.68. The minimum Gasteiger partial charge on any atom is -0.411 e. The number of rotatable bonds is 2. The van der Waals surface area contributed by atoms with Crippen LogP contribution in [-0.2, 0) is 0 Å². The first-order valence-electron chi connectivity index (χ1n) is 3.74. The molecule has 0 aliphatic heterocycles. The molecule has 0 aliphatic rings. The Balaban J connectivity index is 3.02. The summed E-state index contributed by atoms with van der Waals surface area (Å²) in [5, 5.41) is 11.2. The standard InChI is InChI=1S/C9H9BrClNO/c1-6(12-13)9(11)7-4-2-3-5-8(7)10/h2-5,9,13H,1H3. The second-order valence-electron chi connectivity index (χ2n) is 2.63. The fourth-order valence-electron chi connectivity index (χ4n) is 0.956. The molecule has 0 heterocycles. The first kappa shape index (κ1) is 10.5. The summed E-state index contributed by atoms with van der Waals surface area (Å²) in [5.41, 5.74) is 1.38. The predicted molar refractivity (Wildman–Crippen MR) is 57.6 cm³/mol. The van der Waals surface area contributed by atoms with Gasteiger partial charge in [0.25, 0.3) is 0 Å². The lowest BCUT2D eigenvalue weighted by atomic mass is 10.1. The van der Waals surface area contributed by atoms with Crippen molar-refractivity contribution in [1.29, 1.82) is 0 Å². The van der Waals surface area contributed by atoms with Gasteiger partial charge in [-0.15, -0.1) is 11.6 Å². The van der Waals surface area contributed by atoms with Crippen LogP contribution in [0.1, 0.15) is 17.9 Å². The third kappa shape index (κ3) is 2.45. The summed E-state index contributed by atoms with van der Waals surface area (Å²) in [4.78, 5) is 0. The molecule has 1 N–H and O–H groups in total. The normalized spacial score (nSPS) is 14.2. The summed E-state index contributed by atoms with van der Waals surface area (Å²) >= 11 is 9.41. The molecule has 0 bridgehead atoms. The zero-order valence-corrected chi connectivity index (χ0v) is 9.38. The lowest BCUT2D eigenvalue weighted by Gasteiger charge is -2.09. The van der Waals surface area contributed by atoms with E-state index in [1.165, 1.54) is 0 Å². The van der Waals surface area contributed by atoms with Crippen LogP contribution in [-0.4, -0.2) is 10.9 Å². The lowest BCUT2D eigenvalue weighted by Crippen LogP contribution is -2.02. The summed E-state index contributed by atoms with van der Waals surface area (Å²) < 4.78 is 0.915. The minimum absolute atomic E-state index is 0.388. The van der Waals surface area contributed by atoms with Crippen molar-refractivity contribution in [1.82, 2.24) is 0 Å². The number of alkyl halides is 1. The lowest BCUT2D eigenvalue weighted by molar-refractivity contribution is 0.317. The van der Waals surface area contributed by atoms with Gasteiger partial charge in [-0.25, -0.2) is 0 Å². The first-order chi connectivity index (χ1) is 6.16. The largest absolute Gasteiger partial charge is 0.411 e. The summed E-state index contributed by atoms with van der Waals surface area (Å²) in [5.74, 6) is 0.